The highest BCUT2D eigenvalue weighted by molar-refractivity contribution is 7.89. The predicted molar refractivity (Wildman–Crippen MR) is 146 cm³/mol. The van der Waals surface area contributed by atoms with Gasteiger partial charge in [-0.15, -0.1) is 10.2 Å². The molecule has 1 fully saturated rings. The molecule has 2 heterocycles. The Labute approximate surface area is 220 Å². The van der Waals surface area contributed by atoms with E-state index < -0.39 is 10.0 Å². The molecule has 3 aromatic rings. The SMILES string of the molecule is CC[C@H](C)N(CC(=O)N1CCN(c2ccc(-c3ccc(C)cc3)nn2)CC1)S(=O)(=O)c1ccc(C)cc1. The van der Waals surface area contributed by atoms with Crippen LogP contribution in [0.1, 0.15) is 31.4 Å². The van der Waals surface area contributed by atoms with Crippen molar-refractivity contribution in [3.8, 4) is 11.3 Å². The Kier molecular flexibility index (Phi) is 8.24. The van der Waals surface area contributed by atoms with E-state index in [-0.39, 0.29) is 23.4 Å². The fourth-order valence-corrected chi connectivity index (χ4v) is 5.97. The number of anilines is 1. The highest BCUT2D eigenvalue weighted by Crippen LogP contribution is 2.22. The number of sulfonamides is 1. The van der Waals surface area contributed by atoms with Crippen LogP contribution in [0.4, 0.5) is 5.82 Å². The van der Waals surface area contributed by atoms with Crippen LogP contribution in [-0.4, -0.2) is 72.5 Å². The zero-order valence-corrected chi connectivity index (χ0v) is 22.8. The summed E-state index contributed by atoms with van der Waals surface area (Å²) in [4.78, 5) is 17.3. The Morgan fingerprint density at radius 2 is 1.49 bits per heavy atom. The Bertz CT molecular complexity index is 1300. The molecule has 0 unspecified atom stereocenters. The Hall–Kier alpha value is -3.30. The second-order valence-electron chi connectivity index (χ2n) is 9.63. The maximum atomic E-state index is 13.4. The molecule has 8 nitrogen and oxygen atoms in total. The maximum Gasteiger partial charge on any atom is 0.243 e. The minimum atomic E-state index is -3.79. The van der Waals surface area contributed by atoms with Crippen LogP contribution in [0.15, 0.2) is 65.6 Å². The van der Waals surface area contributed by atoms with Gasteiger partial charge in [-0.2, -0.15) is 4.31 Å². The molecule has 1 aliphatic rings. The summed E-state index contributed by atoms with van der Waals surface area (Å²) in [6.07, 6.45) is 0.614. The molecular formula is C28H35N5O3S. The molecule has 0 N–H and O–H groups in total. The van der Waals surface area contributed by atoms with Gasteiger partial charge in [0.15, 0.2) is 5.82 Å². The molecule has 196 valence electrons. The van der Waals surface area contributed by atoms with E-state index in [9.17, 15) is 13.2 Å². The molecule has 0 spiro atoms. The van der Waals surface area contributed by atoms with Crippen LogP contribution < -0.4 is 4.90 Å². The van der Waals surface area contributed by atoms with Crippen molar-refractivity contribution in [2.45, 2.75) is 45.1 Å². The third kappa shape index (κ3) is 6.17. The standard InChI is InChI=1S/C28H35N5O3S/c1-5-23(4)33(37(35,36)25-12-8-22(3)9-13-25)20-28(34)32-18-16-31(17-19-32)27-15-14-26(29-30-27)24-10-6-21(2)7-11-24/h6-15,23H,5,16-20H2,1-4H3/t23-/m0/s1. The molecule has 9 heteroatoms. The fourth-order valence-electron chi connectivity index (χ4n) is 4.32. The molecule has 0 aliphatic carbocycles. The van der Waals surface area contributed by atoms with Gasteiger partial charge in [0, 0.05) is 37.8 Å². The molecule has 1 saturated heterocycles. The number of hydrogen-bond donors (Lipinski definition) is 0. The smallest absolute Gasteiger partial charge is 0.243 e. The molecule has 0 bridgehead atoms. The lowest BCUT2D eigenvalue weighted by molar-refractivity contribution is -0.132. The minimum Gasteiger partial charge on any atom is -0.352 e. The van der Waals surface area contributed by atoms with Gasteiger partial charge in [0.25, 0.3) is 0 Å². The first-order chi connectivity index (χ1) is 17.7. The number of carbonyl (C=O) groups excluding carboxylic acids is 1. The zero-order valence-electron chi connectivity index (χ0n) is 22.0. The van der Waals surface area contributed by atoms with Crippen LogP contribution in [0.5, 0.6) is 0 Å². The van der Waals surface area contributed by atoms with E-state index in [2.05, 4.69) is 27.2 Å². The van der Waals surface area contributed by atoms with Crippen LogP contribution in [0, 0.1) is 13.8 Å². The largest absolute Gasteiger partial charge is 0.352 e. The van der Waals surface area contributed by atoms with Gasteiger partial charge in [-0.05, 0) is 51.5 Å². The van der Waals surface area contributed by atoms with E-state index in [0.29, 0.717) is 32.6 Å². The number of benzene rings is 2. The van der Waals surface area contributed by atoms with E-state index >= 15 is 0 Å². The van der Waals surface area contributed by atoms with Crippen LogP contribution in [0.2, 0.25) is 0 Å². The number of hydrogen-bond acceptors (Lipinski definition) is 6. The number of piperazine rings is 1. The number of rotatable bonds is 8. The van der Waals surface area contributed by atoms with Crippen molar-refractivity contribution in [1.82, 2.24) is 19.4 Å². The third-order valence-electron chi connectivity index (χ3n) is 6.96. The molecule has 0 saturated carbocycles. The molecule has 2 aromatic carbocycles. The van der Waals surface area contributed by atoms with Gasteiger partial charge >= 0.3 is 0 Å². The minimum absolute atomic E-state index is 0.170. The van der Waals surface area contributed by atoms with Crippen molar-refractivity contribution >= 4 is 21.7 Å². The van der Waals surface area contributed by atoms with Gasteiger partial charge in [0.2, 0.25) is 15.9 Å². The summed E-state index contributed by atoms with van der Waals surface area (Å²) >= 11 is 0. The van der Waals surface area contributed by atoms with E-state index in [0.717, 1.165) is 22.6 Å². The van der Waals surface area contributed by atoms with Crippen molar-refractivity contribution in [3.05, 3.63) is 71.8 Å². The summed E-state index contributed by atoms with van der Waals surface area (Å²) in [5, 5.41) is 8.80. The maximum absolute atomic E-state index is 13.4. The highest BCUT2D eigenvalue weighted by atomic mass is 32.2. The van der Waals surface area contributed by atoms with Crippen molar-refractivity contribution in [3.63, 3.8) is 0 Å². The van der Waals surface area contributed by atoms with Gasteiger partial charge in [-0.3, -0.25) is 4.79 Å². The molecule has 1 aromatic heterocycles. The zero-order chi connectivity index (χ0) is 26.6. The molecule has 0 radical (unpaired) electrons. The van der Waals surface area contributed by atoms with E-state index in [1.54, 1.807) is 29.2 Å². The molecular weight excluding hydrogens is 486 g/mol. The van der Waals surface area contributed by atoms with Gasteiger partial charge in [0.05, 0.1) is 17.1 Å². The summed E-state index contributed by atoms with van der Waals surface area (Å²) in [6, 6.07) is 18.6. The van der Waals surface area contributed by atoms with E-state index in [1.165, 1.54) is 9.87 Å². The number of aromatic nitrogens is 2. The average Bonchev–Trinajstić information content (AvgIpc) is 2.92. The van der Waals surface area contributed by atoms with Crippen LogP contribution in [0.3, 0.4) is 0 Å². The average molecular weight is 522 g/mol. The van der Waals surface area contributed by atoms with Crippen molar-refractivity contribution in [2.24, 2.45) is 0 Å². The van der Waals surface area contributed by atoms with E-state index in [4.69, 9.17) is 0 Å². The fraction of sp³-hybridized carbons (Fsp3) is 0.393. The number of nitrogens with zero attached hydrogens (tertiary/aromatic N) is 5. The van der Waals surface area contributed by atoms with Crippen LogP contribution in [-0.2, 0) is 14.8 Å². The molecule has 1 aliphatic heterocycles. The van der Waals surface area contributed by atoms with Crippen molar-refractivity contribution < 1.29 is 13.2 Å². The Morgan fingerprint density at radius 3 is 2.03 bits per heavy atom. The Morgan fingerprint density at radius 1 is 0.892 bits per heavy atom. The molecule has 4 rings (SSSR count). The summed E-state index contributed by atoms with van der Waals surface area (Å²) in [5.74, 6) is 0.586. The molecule has 37 heavy (non-hydrogen) atoms. The Balaban J connectivity index is 1.39. The number of carbonyl (C=O) groups is 1. The third-order valence-corrected chi connectivity index (χ3v) is 8.93. The first kappa shape index (κ1) is 26.8. The second-order valence-corrected chi connectivity index (χ2v) is 11.5. The summed E-state index contributed by atoms with van der Waals surface area (Å²) < 4.78 is 28.1. The summed E-state index contributed by atoms with van der Waals surface area (Å²) in [5.41, 5.74) is 4.02. The van der Waals surface area contributed by atoms with Gasteiger partial charge < -0.3 is 9.80 Å². The monoisotopic (exact) mass is 521 g/mol. The number of amides is 1. The van der Waals surface area contributed by atoms with Gasteiger partial charge in [-0.1, -0.05) is 54.4 Å². The quantitative estimate of drug-likeness (QED) is 0.447. The lowest BCUT2D eigenvalue weighted by Crippen LogP contribution is -2.53. The van der Waals surface area contributed by atoms with Crippen molar-refractivity contribution in [2.75, 3.05) is 37.6 Å². The van der Waals surface area contributed by atoms with Crippen LogP contribution in [0.25, 0.3) is 11.3 Å². The lowest BCUT2D eigenvalue weighted by atomic mass is 10.1. The van der Waals surface area contributed by atoms with Crippen LogP contribution >= 0.6 is 0 Å². The summed E-state index contributed by atoms with van der Waals surface area (Å²) in [7, 11) is -3.79. The highest BCUT2D eigenvalue weighted by Gasteiger charge is 2.32. The molecule has 1 atom stereocenters. The first-order valence-corrected chi connectivity index (χ1v) is 14.1. The van der Waals surface area contributed by atoms with Gasteiger partial charge in [0.1, 0.15) is 0 Å². The van der Waals surface area contributed by atoms with Crippen molar-refractivity contribution in [1.29, 1.82) is 0 Å². The first-order valence-electron chi connectivity index (χ1n) is 12.7. The number of aryl methyl sites for hydroxylation is 2. The second kappa shape index (κ2) is 11.4. The normalized spacial score (nSPS) is 15.2. The predicted octanol–water partition coefficient (Wildman–Crippen LogP) is 3.90. The van der Waals surface area contributed by atoms with Gasteiger partial charge in [-0.25, -0.2) is 8.42 Å². The topological polar surface area (TPSA) is 86.7 Å². The lowest BCUT2D eigenvalue weighted by Gasteiger charge is -2.36. The molecule has 1 amide bonds. The van der Waals surface area contributed by atoms with E-state index in [1.807, 2.05) is 52.0 Å². The summed E-state index contributed by atoms with van der Waals surface area (Å²) in [6.45, 7) is 9.78.